The molecule has 3 aromatic heterocycles. The Morgan fingerprint density at radius 2 is 1.21 bits per heavy atom. The fourth-order valence-corrected chi connectivity index (χ4v) is 8.81. The van der Waals surface area contributed by atoms with E-state index in [1.165, 1.54) is 16.7 Å². The van der Waals surface area contributed by atoms with E-state index in [1.807, 2.05) is 36.5 Å². The number of hydrogen-bond acceptors (Lipinski definition) is 4. The Kier molecular flexibility index (Phi) is 11.9. The number of imidazole rings is 1. The number of nitrogens with zero attached hydrogens (tertiary/aromatic N) is 4. The Balaban J connectivity index is 0.00000544. The average molecular weight is 1010 g/mol. The number of pyridine rings is 2. The monoisotopic (exact) mass is 1000 g/mol. The minimum atomic E-state index is -0.185. The Labute approximate surface area is 386 Å². The Hall–Kier alpha value is -6.16. The summed E-state index contributed by atoms with van der Waals surface area (Å²) in [6, 6.07) is 50.7. The summed E-state index contributed by atoms with van der Waals surface area (Å²) in [5.41, 5.74) is 16.9. The first-order valence-corrected chi connectivity index (χ1v) is 21.7. The van der Waals surface area contributed by atoms with Crippen molar-refractivity contribution in [1.29, 1.82) is 0 Å². The molecule has 6 heteroatoms. The van der Waals surface area contributed by atoms with E-state index in [4.69, 9.17) is 15.0 Å². The number of para-hydroxylation sites is 1. The number of aryl methyl sites for hydroxylation is 2. The minimum Gasteiger partial charge on any atom is -0.507 e. The number of aromatic nitrogens is 4. The molecule has 0 unspecified atom stereocenters. The molecular formula is C57H53N4OPt-. The molecule has 63 heavy (non-hydrogen) atoms. The van der Waals surface area contributed by atoms with Crippen LogP contribution in [0.25, 0.3) is 83.5 Å². The van der Waals surface area contributed by atoms with Crippen molar-refractivity contribution < 1.29 is 26.2 Å². The molecule has 0 atom stereocenters. The normalized spacial score (nSPS) is 11.8. The fraction of sp³-hybridized carbons (Fsp3) is 0.211. The summed E-state index contributed by atoms with van der Waals surface area (Å²) in [5, 5.41) is 14.0. The van der Waals surface area contributed by atoms with E-state index >= 15 is 0 Å². The van der Waals surface area contributed by atoms with E-state index in [-0.39, 0.29) is 44.1 Å². The zero-order chi connectivity index (χ0) is 43.4. The van der Waals surface area contributed by atoms with Crippen LogP contribution in [0.2, 0.25) is 0 Å². The summed E-state index contributed by atoms with van der Waals surface area (Å²) < 4.78 is 2.33. The number of phenols is 1. The first-order valence-electron chi connectivity index (χ1n) is 21.7. The Morgan fingerprint density at radius 1 is 0.587 bits per heavy atom. The van der Waals surface area contributed by atoms with Gasteiger partial charge in [0.1, 0.15) is 11.6 Å². The zero-order valence-corrected chi connectivity index (χ0v) is 39.8. The third-order valence-corrected chi connectivity index (χ3v) is 12.0. The van der Waals surface area contributed by atoms with Gasteiger partial charge in [0.15, 0.2) is 0 Å². The quantitative estimate of drug-likeness (QED) is 0.154. The van der Waals surface area contributed by atoms with Crippen LogP contribution in [-0.2, 0) is 26.5 Å². The number of benzene rings is 6. The topological polar surface area (TPSA) is 63.8 Å². The summed E-state index contributed by atoms with van der Waals surface area (Å²) in [6.45, 7) is 19.9. The van der Waals surface area contributed by atoms with Gasteiger partial charge in [-0.1, -0.05) is 145 Å². The first kappa shape index (κ1) is 43.5. The number of fused-ring (bicyclic) bond motifs is 2. The average Bonchev–Trinajstić information content (AvgIpc) is 3.64. The molecule has 0 saturated heterocycles. The second-order valence-corrected chi connectivity index (χ2v) is 18.4. The van der Waals surface area contributed by atoms with Gasteiger partial charge in [0.05, 0.1) is 22.3 Å². The van der Waals surface area contributed by atoms with Crippen molar-refractivity contribution in [1.82, 2.24) is 19.5 Å². The predicted molar refractivity (Wildman–Crippen MR) is 258 cm³/mol. The molecule has 0 bridgehead atoms. The van der Waals surface area contributed by atoms with Crippen LogP contribution in [0.5, 0.6) is 5.75 Å². The van der Waals surface area contributed by atoms with E-state index in [0.717, 1.165) is 83.5 Å². The van der Waals surface area contributed by atoms with E-state index in [1.54, 1.807) is 0 Å². The second-order valence-electron chi connectivity index (χ2n) is 18.4. The van der Waals surface area contributed by atoms with E-state index in [2.05, 4.69) is 176 Å². The van der Waals surface area contributed by atoms with Crippen molar-refractivity contribution >= 4 is 21.8 Å². The Morgan fingerprint density at radius 3 is 1.86 bits per heavy atom. The van der Waals surface area contributed by atoms with Crippen molar-refractivity contribution in [2.24, 2.45) is 0 Å². The van der Waals surface area contributed by atoms with Gasteiger partial charge in [0, 0.05) is 44.3 Å². The van der Waals surface area contributed by atoms with Gasteiger partial charge in [-0.2, -0.15) is 0 Å². The van der Waals surface area contributed by atoms with E-state index < -0.39 is 0 Å². The third kappa shape index (κ3) is 8.40. The molecule has 318 valence electrons. The van der Waals surface area contributed by atoms with Gasteiger partial charge in [-0.25, -0.2) is 4.98 Å². The zero-order valence-electron chi connectivity index (χ0n) is 37.5. The maximum Gasteiger partial charge on any atom is 0.148 e. The molecule has 0 radical (unpaired) electrons. The van der Waals surface area contributed by atoms with Crippen LogP contribution < -0.4 is 0 Å². The van der Waals surface area contributed by atoms with Gasteiger partial charge >= 0.3 is 0 Å². The number of rotatable bonds is 8. The van der Waals surface area contributed by atoms with Crippen LogP contribution in [0.15, 0.2) is 140 Å². The molecule has 1 N–H and O–H groups in total. The molecule has 9 aromatic rings. The smallest absolute Gasteiger partial charge is 0.148 e. The van der Waals surface area contributed by atoms with E-state index in [9.17, 15) is 5.11 Å². The third-order valence-electron chi connectivity index (χ3n) is 12.0. The van der Waals surface area contributed by atoms with Crippen LogP contribution >= 0.6 is 0 Å². The molecule has 5 nitrogen and oxygen atoms in total. The molecule has 3 heterocycles. The molecule has 9 rings (SSSR count). The molecule has 0 fully saturated rings. The number of phenolic OH excluding ortho intramolecular Hbond substituents is 1. The summed E-state index contributed by atoms with van der Waals surface area (Å²) in [6.07, 6.45) is 1.89. The molecule has 0 amide bonds. The standard InChI is InChI=1S/C57H53N4O.Pt/c1-34(2)47-20-15-21-48(35(3)4)55(47)61-52-32-43(42-24-36(5)59-37(6)25-42)30-49(54(52)60-56(61)50-29-39-18-13-14-19-40(39)33-53(50)62)44-26-45(28-46(27-44)57(7,8)9)51-31-41(22-23-58-51)38-16-11-10-12-17-38;/h10-25,27-35,62H,1-9H3;/q-1;. The molecule has 0 aliphatic rings. The summed E-state index contributed by atoms with van der Waals surface area (Å²) >= 11 is 0. The van der Waals surface area contributed by atoms with Gasteiger partial charge in [-0.05, 0) is 112 Å². The number of aromatic hydroxyl groups is 1. The van der Waals surface area contributed by atoms with Crippen molar-refractivity contribution in [3.05, 3.63) is 174 Å². The van der Waals surface area contributed by atoms with Crippen LogP contribution in [0.1, 0.15) is 88.4 Å². The van der Waals surface area contributed by atoms with Gasteiger partial charge in [0.25, 0.3) is 0 Å². The largest absolute Gasteiger partial charge is 0.507 e. The van der Waals surface area contributed by atoms with Gasteiger partial charge in [-0.15, -0.1) is 29.3 Å². The Bertz CT molecular complexity index is 3110. The predicted octanol–water partition coefficient (Wildman–Crippen LogP) is 15.0. The maximum absolute atomic E-state index is 12.0. The van der Waals surface area contributed by atoms with Crippen molar-refractivity contribution in [3.63, 3.8) is 0 Å². The van der Waals surface area contributed by atoms with Crippen molar-refractivity contribution in [3.8, 4) is 67.5 Å². The van der Waals surface area contributed by atoms with Crippen LogP contribution in [0.3, 0.4) is 0 Å². The molecule has 0 aliphatic carbocycles. The van der Waals surface area contributed by atoms with Gasteiger partial charge in [-0.3, -0.25) is 14.5 Å². The maximum atomic E-state index is 12.0. The van der Waals surface area contributed by atoms with Gasteiger partial charge < -0.3 is 5.11 Å². The minimum absolute atomic E-state index is 0. The first-order chi connectivity index (χ1) is 29.7. The second kappa shape index (κ2) is 17.2. The van der Waals surface area contributed by atoms with Crippen molar-refractivity contribution in [2.45, 2.75) is 79.6 Å². The van der Waals surface area contributed by atoms with Crippen molar-refractivity contribution in [2.75, 3.05) is 0 Å². The summed E-state index contributed by atoms with van der Waals surface area (Å²) in [7, 11) is 0. The molecule has 0 saturated carbocycles. The van der Waals surface area contributed by atoms with Crippen LogP contribution in [0, 0.1) is 19.9 Å². The molecule has 0 aliphatic heterocycles. The van der Waals surface area contributed by atoms with Crippen LogP contribution in [-0.4, -0.2) is 24.6 Å². The number of hydrogen-bond donors (Lipinski definition) is 1. The molecule has 0 spiro atoms. The van der Waals surface area contributed by atoms with E-state index in [0.29, 0.717) is 11.4 Å². The summed E-state index contributed by atoms with van der Waals surface area (Å²) in [5.74, 6) is 1.29. The molecular weight excluding hydrogens is 952 g/mol. The summed E-state index contributed by atoms with van der Waals surface area (Å²) in [4.78, 5) is 15.4. The SMILES string of the molecule is Cc1cc(-c2cc(-c3[c-]c(-c4cc(-c5ccccc5)ccn4)cc(C(C)(C)C)c3)c3nc(-c4cc5ccccc5cc4O)n(-c4c(C(C)C)cccc4C(C)C)c3c2)cc(C)n1.[Pt]. The van der Waals surface area contributed by atoms with Crippen LogP contribution in [0.4, 0.5) is 0 Å². The van der Waals surface area contributed by atoms with Gasteiger partial charge in [0.2, 0.25) is 0 Å². The fourth-order valence-electron chi connectivity index (χ4n) is 8.81. The molecule has 6 aromatic carbocycles.